The minimum atomic E-state index is -3.90. The monoisotopic (exact) mass is 561 g/mol. The normalized spacial score (nSPS) is 14.4. The van der Waals surface area contributed by atoms with Crippen molar-refractivity contribution in [2.24, 2.45) is 0 Å². The van der Waals surface area contributed by atoms with Gasteiger partial charge in [-0.1, -0.05) is 24.3 Å². The zero-order chi connectivity index (χ0) is 28.9. The van der Waals surface area contributed by atoms with E-state index in [-0.39, 0.29) is 37.0 Å². The standard InChI is InChI=1S/C29H31N5O5S/c1-29(2,3)39-28(36)34(25-12-14-31-15-13-25)20-24-8-10-26(11-9-24)40(37,38)33-17-16-32(27(35)21-33)19-23-6-4-22(18-30)5-7-23/h4-15H,16-17,19-21H2,1-3H3. The number of ether oxygens (including phenoxy) is 1. The maximum atomic E-state index is 13.3. The van der Waals surface area contributed by atoms with E-state index in [4.69, 9.17) is 10.00 Å². The third kappa shape index (κ3) is 7.02. The average Bonchev–Trinajstić information content (AvgIpc) is 2.93. The maximum absolute atomic E-state index is 13.3. The van der Waals surface area contributed by atoms with Gasteiger partial charge in [0.1, 0.15) is 5.60 Å². The molecule has 2 amide bonds. The summed E-state index contributed by atoms with van der Waals surface area (Å²) >= 11 is 0. The van der Waals surface area contributed by atoms with Crippen molar-refractivity contribution in [3.63, 3.8) is 0 Å². The Bertz CT molecular complexity index is 1500. The number of pyridine rings is 1. The van der Waals surface area contributed by atoms with Gasteiger partial charge in [-0.05, 0) is 68.3 Å². The van der Waals surface area contributed by atoms with Crippen LogP contribution in [-0.2, 0) is 32.6 Å². The largest absolute Gasteiger partial charge is 0.443 e. The predicted octanol–water partition coefficient (Wildman–Crippen LogP) is 3.93. The number of amides is 2. The number of aromatic nitrogens is 1. The van der Waals surface area contributed by atoms with Crippen LogP contribution in [0.5, 0.6) is 0 Å². The first-order valence-corrected chi connectivity index (χ1v) is 14.2. The van der Waals surface area contributed by atoms with Gasteiger partial charge in [0.25, 0.3) is 0 Å². The van der Waals surface area contributed by atoms with Crippen molar-refractivity contribution in [1.29, 1.82) is 5.26 Å². The molecule has 0 unspecified atom stereocenters. The first kappa shape index (κ1) is 28.7. The fourth-order valence-electron chi connectivity index (χ4n) is 4.17. The van der Waals surface area contributed by atoms with E-state index in [1.165, 1.54) is 21.3 Å². The van der Waals surface area contributed by atoms with E-state index in [2.05, 4.69) is 11.1 Å². The van der Waals surface area contributed by atoms with Gasteiger partial charge in [-0.3, -0.25) is 14.7 Å². The molecule has 0 saturated carbocycles. The maximum Gasteiger partial charge on any atom is 0.415 e. The molecule has 4 rings (SSSR count). The summed E-state index contributed by atoms with van der Waals surface area (Å²) in [5.41, 5.74) is 2.01. The number of benzene rings is 2. The van der Waals surface area contributed by atoms with Crippen LogP contribution in [0.3, 0.4) is 0 Å². The zero-order valence-electron chi connectivity index (χ0n) is 22.6. The van der Waals surface area contributed by atoms with Gasteiger partial charge in [0.05, 0.1) is 35.3 Å². The van der Waals surface area contributed by atoms with Crippen molar-refractivity contribution in [2.45, 2.75) is 44.4 Å². The quantitative estimate of drug-likeness (QED) is 0.428. The molecule has 0 aliphatic carbocycles. The van der Waals surface area contributed by atoms with E-state index in [0.29, 0.717) is 23.4 Å². The molecule has 1 fully saturated rings. The van der Waals surface area contributed by atoms with Gasteiger partial charge in [-0.2, -0.15) is 9.57 Å². The number of carbonyl (C=O) groups is 2. The number of piperazine rings is 1. The molecule has 1 saturated heterocycles. The number of nitrogens with zero attached hydrogens (tertiary/aromatic N) is 5. The Morgan fingerprint density at radius 3 is 2.20 bits per heavy atom. The van der Waals surface area contributed by atoms with Crippen molar-refractivity contribution >= 4 is 27.7 Å². The van der Waals surface area contributed by atoms with E-state index >= 15 is 0 Å². The second-order valence-electron chi connectivity index (χ2n) is 10.4. The summed E-state index contributed by atoms with van der Waals surface area (Å²) < 4.78 is 33.4. The van der Waals surface area contributed by atoms with Crippen LogP contribution in [0.25, 0.3) is 0 Å². The summed E-state index contributed by atoms with van der Waals surface area (Å²) in [6, 6.07) is 18.7. The Balaban J connectivity index is 1.43. The van der Waals surface area contributed by atoms with Gasteiger partial charge < -0.3 is 9.64 Å². The minimum absolute atomic E-state index is 0.0670. The highest BCUT2D eigenvalue weighted by Gasteiger charge is 2.33. The molecule has 0 bridgehead atoms. The zero-order valence-corrected chi connectivity index (χ0v) is 23.5. The fraction of sp³-hybridized carbons (Fsp3) is 0.310. The lowest BCUT2D eigenvalue weighted by Crippen LogP contribution is -2.51. The molecule has 1 aromatic heterocycles. The van der Waals surface area contributed by atoms with E-state index in [1.54, 1.807) is 86.6 Å². The molecular formula is C29H31N5O5S. The van der Waals surface area contributed by atoms with Crippen molar-refractivity contribution < 1.29 is 22.7 Å². The number of hydrogen-bond acceptors (Lipinski definition) is 7. The summed E-state index contributed by atoms with van der Waals surface area (Å²) in [6.07, 6.45) is 2.62. The highest BCUT2D eigenvalue weighted by atomic mass is 32.2. The lowest BCUT2D eigenvalue weighted by atomic mass is 10.1. The Morgan fingerprint density at radius 1 is 1.00 bits per heavy atom. The first-order valence-electron chi connectivity index (χ1n) is 12.7. The first-order chi connectivity index (χ1) is 19.0. The molecule has 2 aromatic carbocycles. The van der Waals surface area contributed by atoms with Crippen LogP contribution in [0.4, 0.5) is 10.5 Å². The highest BCUT2D eigenvalue weighted by molar-refractivity contribution is 7.89. The topological polar surface area (TPSA) is 124 Å². The van der Waals surface area contributed by atoms with Crippen LogP contribution >= 0.6 is 0 Å². The highest BCUT2D eigenvalue weighted by Crippen LogP contribution is 2.23. The summed E-state index contributed by atoms with van der Waals surface area (Å²) in [4.78, 5) is 32.9. The average molecular weight is 562 g/mol. The number of sulfonamides is 1. The smallest absolute Gasteiger partial charge is 0.415 e. The second kappa shape index (κ2) is 11.9. The molecule has 0 radical (unpaired) electrons. The minimum Gasteiger partial charge on any atom is -0.443 e. The SMILES string of the molecule is CC(C)(C)OC(=O)N(Cc1ccc(S(=O)(=O)N2CCN(Cc3ccc(C#N)cc3)C(=O)C2)cc1)c1ccncc1. The Morgan fingerprint density at radius 2 is 1.62 bits per heavy atom. The Kier molecular flexibility index (Phi) is 8.52. The fourth-order valence-corrected chi connectivity index (χ4v) is 5.55. The molecule has 208 valence electrons. The van der Waals surface area contributed by atoms with E-state index < -0.39 is 21.7 Å². The van der Waals surface area contributed by atoms with Gasteiger partial charge in [0, 0.05) is 32.0 Å². The molecule has 11 heteroatoms. The third-order valence-electron chi connectivity index (χ3n) is 6.23. The Hall–Kier alpha value is -4.27. The van der Waals surface area contributed by atoms with Gasteiger partial charge in [-0.15, -0.1) is 0 Å². The molecular weight excluding hydrogens is 530 g/mol. The van der Waals surface area contributed by atoms with Gasteiger partial charge in [0.15, 0.2) is 0 Å². The van der Waals surface area contributed by atoms with Gasteiger partial charge >= 0.3 is 6.09 Å². The summed E-state index contributed by atoms with van der Waals surface area (Å²) in [5, 5.41) is 8.95. The van der Waals surface area contributed by atoms with Crippen LogP contribution in [0.15, 0.2) is 78.0 Å². The van der Waals surface area contributed by atoms with Crippen LogP contribution in [0, 0.1) is 11.3 Å². The van der Waals surface area contributed by atoms with Gasteiger partial charge in [0.2, 0.25) is 15.9 Å². The lowest BCUT2D eigenvalue weighted by molar-refractivity contribution is -0.134. The molecule has 40 heavy (non-hydrogen) atoms. The van der Waals surface area contributed by atoms with Crippen molar-refractivity contribution in [2.75, 3.05) is 24.5 Å². The number of hydrogen-bond donors (Lipinski definition) is 0. The van der Waals surface area contributed by atoms with Crippen LogP contribution in [0.2, 0.25) is 0 Å². The summed E-state index contributed by atoms with van der Waals surface area (Å²) in [7, 11) is -3.90. The van der Waals surface area contributed by atoms with Crippen molar-refractivity contribution in [3.05, 3.63) is 89.7 Å². The number of anilines is 1. The molecule has 1 aliphatic rings. The molecule has 1 aliphatic heterocycles. The molecule has 10 nitrogen and oxygen atoms in total. The molecule has 0 N–H and O–H groups in total. The predicted molar refractivity (Wildman–Crippen MR) is 148 cm³/mol. The van der Waals surface area contributed by atoms with Crippen molar-refractivity contribution in [3.8, 4) is 6.07 Å². The number of rotatable bonds is 7. The van der Waals surface area contributed by atoms with E-state index in [1.807, 2.05) is 0 Å². The lowest BCUT2D eigenvalue weighted by Gasteiger charge is -2.33. The number of nitriles is 1. The van der Waals surface area contributed by atoms with Crippen LogP contribution in [0.1, 0.15) is 37.5 Å². The Labute approximate surface area is 234 Å². The summed E-state index contributed by atoms with van der Waals surface area (Å²) in [6.45, 7) is 6.03. The van der Waals surface area contributed by atoms with Gasteiger partial charge in [-0.25, -0.2) is 13.2 Å². The third-order valence-corrected chi connectivity index (χ3v) is 8.09. The second-order valence-corrected chi connectivity index (χ2v) is 12.3. The van der Waals surface area contributed by atoms with Crippen molar-refractivity contribution in [1.82, 2.24) is 14.2 Å². The molecule has 3 aromatic rings. The molecule has 2 heterocycles. The van der Waals surface area contributed by atoms with Crippen LogP contribution < -0.4 is 4.90 Å². The number of carbonyl (C=O) groups excluding carboxylic acids is 2. The summed E-state index contributed by atoms with van der Waals surface area (Å²) in [5.74, 6) is -0.291. The van der Waals surface area contributed by atoms with Crippen LogP contribution in [-0.4, -0.2) is 59.8 Å². The van der Waals surface area contributed by atoms with E-state index in [9.17, 15) is 18.0 Å². The molecule has 0 atom stereocenters. The molecule has 0 spiro atoms. The van der Waals surface area contributed by atoms with E-state index in [0.717, 1.165) is 5.56 Å².